The molecule has 0 unspecified atom stereocenters. The van der Waals surface area contributed by atoms with E-state index in [4.69, 9.17) is 0 Å². The van der Waals surface area contributed by atoms with Gasteiger partial charge in [-0.05, 0) is 30.0 Å². The van der Waals surface area contributed by atoms with Crippen molar-refractivity contribution in [1.82, 2.24) is 4.90 Å². The summed E-state index contributed by atoms with van der Waals surface area (Å²) < 4.78 is 13.7. The lowest BCUT2D eigenvalue weighted by Crippen LogP contribution is -2.33. The van der Waals surface area contributed by atoms with Crippen molar-refractivity contribution < 1.29 is 18.9 Å². The predicted molar refractivity (Wildman–Crippen MR) is 95.8 cm³/mol. The Kier molecular flexibility index (Phi) is 4.99. The molecular weight excluding hydrogens is 361 g/mol. The molecule has 132 valence electrons. The van der Waals surface area contributed by atoms with Crippen LogP contribution < -0.4 is 5.32 Å². The highest BCUT2D eigenvalue weighted by Gasteiger charge is 2.35. The first-order valence-corrected chi connectivity index (χ1v) is 8.25. The first-order chi connectivity index (χ1) is 12.5. The quantitative estimate of drug-likeness (QED) is 0.486. The largest absolute Gasteiger partial charge is 0.367 e. The van der Waals surface area contributed by atoms with E-state index in [-0.39, 0.29) is 22.8 Å². The van der Waals surface area contributed by atoms with Crippen molar-refractivity contribution in [2.24, 2.45) is 0 Å². The minimum atomic E-state index is -0.554. The molecule has 9 heteroatoms. The maximum Gasteiger partial charge on any atom is 0.295 e. The Hall–Kier alpha value is -3.20. The number of thioether (sulfide) groups is 1. The number of carbonyl (C=O) groups is 2. The molecule has 0 aliphatic carbocycles. The van der Waals surface area contributed by atoms with Crippen molar-refractivity contribution in [3.63, 3.8) is 0 Å². The number of carbonyl (C=O) groups excluding carboxylic acids is 2. The fourth-order valence-corrected chi connectivity index (χ4v) is 3.10. The predicted octanol–water partition coefficient (Wildman–Crippen LogP) is 3.84. The van der Waals surface area contributed by atoms with E-state index in [0.717, 1.165) is 4.90 Å². The van der Waals surface area contributed by atoms with Crippen LogP contribution in [0.5, 0.6) is 0 Å². The van der Waals surface area contributed by atoms with Gasteiger partial charge in [0.1, 0.15) is 5.82 Å². The van der Waals surface area contributed by atoms with Crippen LogP contribution in [0, 0.1) is 15.9 Å². The maximum atomic E-state index is 13.7. The van der Waals surface area contributed by atoms with Gasteiger partial charge in [-0.2, -0.15) is 0 Å². The molecule has 0 radical (unpaired) electrons. The average molecular weight is 373 g/mol. The average Bonchev–Trinajstić information content (AvgIpc) is 2.89. The normalized spacial score (nSPS) is 15.6. The van der Waals surface area contributed by atoms with Crippen LogP contribution in [0.15, 0.2) is 53.4 Å². The molecule has 7 nitrogen and oxygen atoms in total. The molecule has 2 aromatic carbocycles. The summed E-state index contributed by atoms with van der Waals surface area (Å²) in [5, 5.41) is 13.1. The molecule has 0 saturated carbocycles. The van der Waals surface area contributed by atoms with Gasteiger partial charge < -0.3 is 5.32 Å². The van der Waals surface area contributed by atoms with Crippen LogP contribution in [0.25, 0.3) is 6.08 Å². The van der Waals surface area contributed by atoms with Gasteiger partial charge in [0.05, 0.1) is 16.5 Å². The lowest BCUT2D eigenvalue weighted by molar-refractivity contribution is -0.384. The monoisotopic (exact) mass is 373 g/mol. The zero-order chi connectivity index (χ0) is 18.7. The van der Waals surface area contributed by atoms with E-state index in [1.54, 1.807) is 12.1 Å². The number of nitrogens with zero attached hydrogens (tertiary/aromatic N) is 2. The molecule has 0 bridgehead atoms. The second-order valence-electron chi connectivity index (χ2n) is 5.27. The summed E-state index contributed by atoms with van der Waals surface area (Å²) in [4.78, 5) is 35.7. The van der Waals surface area contributed by atoms with Gasteiger partial charge >= 0.3 is 0 Å². The van der Waals surface area contributed by atoms with Crippen molar-refractivity contribution in [1.29, 1.82) is 0 Å². The van der Waals surface area contributed by atoms with Gasteiger partial charge in [-0.1, -0.05) is 24.3 Å². The zero-order valence-corrected chi connectivity index (χ0v) is 14.0. The molecule has 1 fully saturated rings. The Morgan fingerprint density at radius 1 is 1.19 bits per heavy atom. The van der Waals surface area contributed by atoms with Crippen LogP contribution in [-0.2, 0) is 4.79 Å². The Bertz CT molecular complexity index is 932. The van der Waals surface area contributed by atoms with E-state index >= 15 is 0 Å². The number of benzene rings is 2. The Balaban J connectivity index is 1.73. The lowest BCUT2D eigenvalue weighted by Gasteiger charge is -2.14. The lowest BCUT2D eigenvalue weighted by atomic mass is 10.2. The second kappa shape index (κ2) is 7.36. The molecular formula is C17H12FN3O4S. The van der Waals surface area contributed by atoms with Crippen LogP contribution in [0.2, 0.25) is 0 Å². The molecule has 26 heavy (non-hydrogen) atoms. The van der Waals surface area contributed by atoms with Gasteiger partial charge in [-0.15, -0.1) is 0 Å². The van der Waals surface area contributed by atoms with E-state index in [1.165, 1.54) is 42.5 Å². The molecule has 1 aliphatic rings. The van der Waals surface area contributed by atoms with E-state index in [1.807, 2.05) is 0 Å². The van der Waals surface area contributed by atoms with Crippen LogP contribution in [0.4, 0.5) is 20.6 Å². The third-order valence-corrected chi connectivity index (χ3v) is 4.47. The molecule has 1 aliphatic heterocycles. The SMILES string of the molecule is O=C1S/C(=C/c2ccccc2F)C(=O)N1CNc1cccc([N+](=O)[O-])c1. The number of hydrogen-bond donors (Lipinski definition) is 1. The number of nitrogens with one attached hydrogen (secondary N) is 1. The van der Waals surface area contributed by atoms with Gasteiger partial charge in [-0.25, -0.2) is 4.39 Å². The number of rotatable bonds is 5. The summed E-state index contributed by atoms with van der Waals surface area (Å²) in [6.07, 6.45) is 1.33. The first-order valence-electron chi connectivity index (χ1n) is 7.44. The molecule has 2 amide bonds. The van der Waals surface area contributed by atoms with Crippen molar-refractivity contribution in [3.05, 3.63) is 74.9 Å². The second-order valence-corrected chi connectivity index (χ2v) is 6.27. The third-order valence-electron chi connectivity index (χ3n) is 3.56. The fraction of sp³-hybridized carbons (Fsp3) is 0.0588. The highest BCUT2D eigenvalue weighted by molar-refractivity contribution is 8.18. The minimum Gasteiger partial charge on any atom is -0.367 e. The van der Waals surface area contributed by atoms with E-state index in [0.29, 0.717) is 17.4 Å². The molecule has 1 heterocycles. The van der Waals surface area contributed by atoms with Crippen molar-refractivity contribution in [2.45, 2.75) is 0 Å². The summed E-state index contributed by atoms with van der Waals surface area (Å²) >= 11 is 0.712. The summed E-state index contributed by atoms with van der Waals surface area (Å²) in [6.45, 7) is -0.152. The number of nitro benzene ring substituents is 1. The van der Waals surface area contributed by atoms with E-state index in [9.17, 15) is 24.1 Å². The molecule has 0 atom stereocenters. The highest BCUT2D eigenvalue weighted by atomic mass is 32.2. The molecule has 1 N–H and O–H groups in total. The van der Waals surface area contributed by atoms with Crippen LogP contribution in [0.1, 0.15) is 5.56 Å². The van der Waals surface area contributed by atoms with E-state index < -0.39 is 21.9 Å². The summed E-state index contributed by atoms with van der Waals surface area (Å²) in [7, 11) is 0. The number of hydrogen-bond acceptors (Lipinski definition) is 6. The number of halogens is 1. The van der Waals surface area contributed by atoms with Crippen molar-refractivity contribution >= 4 is 40.4 Å². The Morgan fingerprint density at radius 3 is 2.69 bits per heavy atom. The fourth-order valence-electron chi connectivity index (χ4n) is 2.27. The van der Waals surface area contributed by atoms with Crippen LogP contribution >= 0.6 is 11.8 Å². The molecule has 2 aromatic rings. The zero-order valence-electron chi connectivity index (χ0n) is 13.2. The number of non-ortho nitro benzene ring substituents is 1. The van der Waals surface area contributed by atoms with Gasteiger partial charge in [0.2, 0.25) is 0 Å². The van der Waals surface area contributed by atoms with Gasteiger partial charge in [-0.3, -0.25) is 24.6 Å². The number of imide groups is 1. The van der Waals surface area contributed by atoms with Gasteiger partial charge in [0.25, 0.3) is 16.8 Å². The minimum absolute atomic E-state index is 0.108. The molecule has 0 aromatic heterocycles. The summed E-state index contributed by atoms with van der Waals surface area (Å²) in [5.74, 6) is -1.05. The molecule has 1 saturated heterocycles. The van der Waals surface area contributed by atoms with E-state index in [2.05, 4.69) is 5.32 Å². The number of nitro groups is 1. The van der Waals surface area contributed by atoms with Crippen molar-refractivity contribution in [2.75, 3.05) is 12.0 Å². The topological polar surface area (TPSA) is 92.6 Å². The number of anilines is 1. The number of amides is 2. The van der Waals surface area contributed by atoms with Crippen molar-refractivity contribution in [3.8, 4) is 0 Å². The summed E-state index contributed by atoms with van der Waals surface area (Å²) in [6, 6.07) is 11.6. The molecule has 0 spiro atoms. The third kappa shape index (κ3) is 3.72. The summed E-state index contributed by atoms with van der Waals surface area (Å²) in [5.41, 5.74) is 0.504. The van der Waals surface area contributed by atoms with Gasteiger partial charge in [0, 0.05) is 23.4 Å². The first kappa shape index (κ1) is 17.6. The smallest absolute Gasteiger partial charge is 0.295 e. The Morgan fingerprint density at radius 2 is 1.96 bits per heavy atom. The standard InChI is InChI=1S/C17H12FN3O4S/c18-14-7-2-1-4-11(14)8-15-16(22)20(17(23)26-15)10-19-12-5-3-6-13(9-12)21(24)25/h1-9,19H,10H2/b15-8+. The van der Waals surface area contributed by atoms with Gasteiger partial charge in [0.15, 0.2) is 0 Å². The highest BCUT2D eigenvalue weighted by Crippen LogP contribution is 2.32. The maximum absolute atomic E-state index is 13.7. The van der Waals surface area contributed by atoms with Crippen LogP contribution in [-0.4, -0.2) is 27.6 Å². The van der Waals surface area contributed by atoms with Crippen LogP contribution in [0.3, 0.4) is 0 Å². The Labute approximate surface area is 151 Å². The molecule has 3 rings (SSSR count).